The Balaban J connectivity index is 0.000000136. The van der Waals surface area contributed by atoms with E-state index in [2.05, 4.69) is 18.2 Å². The topological polar surface area (TPSA) is 40.5 Å². The lowest BCUT2D eigenvalue weighted by Gasteiger charge is -2.03. The standard InChI is InChI=1S/C14H10O.C10H8O/c15-14-7-3-6-12-8-10-4-1-2-5-11(10)9-13(12)14;11-10-7-3-5-8-4-1-2-6-9(8)10/h1-9,15H;1-7,11H. The van der Waals surface area contributed by atoms with Gasteiger partial charge in [-0.3, -0.25) is 0 Å². The van der Waals surface area contributed by atoms with Gasteiger partial charge in [0.2, 0.25) is 0 Å². The maximum Gasteiger partial charge on any atom is 0.123 e. The van der Waals surface area contributed by atoms with E-state index in [-0.39, 0.29) is 0 Å². The highest BCUT2D eigenvalue weighted by atomic mass is 16.3. The molecule has 5 aromatic rings. The average Bonchev–Trinajstić information content (AvgIpc) is 2.68. The predicted octanol–water partition coefficient (Wildman–Crippen LogP) is 6.24. The third-order valence-electron chi connectivity index (χ3n) is 4.49. The van der Waals surface area contributed by atoms with Crippen molar-refractivity contribution in [1.82, 2.24) is 0 Å². The van der Waals surface area contributed by atoms with Crippen molar-refractivity contribution in [2.24, 2.45) is 0 Å². The molecule has 5 rings (SSSR count). The van der Waals surface area contributed by atoms with Crippen molar-refractivity contribution in [1.29, 1.82) is 0 Å². The molecule has 5 aromatic carbocycles. The van der Waals surface area contributed by atoms with Gasteiger partial charge >= 0.3 is 0 Å². The molecule has 0 amide bonds. The summed E-state index contributed by atoms with van der Waals surface area (Å²) in [6, 6.07) is 31.2. The van der Waals surface area contributed by atoms with Gasteiger partial charge in [0, 0.05) is 10.8 Å². The van der Waals surface area contributed by atoms with Gasteiger partial charge in [-0.2, -0.15) is 0 Å². The van der Waals surface area contributed by atoms with Crippen LogP contribution in [0, 0.1) is 0 Å². The first kappa shape index (κ1) is 16.0. The van der Waals surface area contributed by atoms with Gasteiger partial charge in [-0.05, 0) is 45.8 Å². The first-order chi connectivity index (χ1) is 12.7. The van der Waals surface area contributed by atoms with E-state index in [1.807, 2.05) is 66.7 Å². The number of benzene rings is 5. The van der Waals surface area contributed by atoms with Crippen LogP contribution in [0.1, 0.15) is 0 Å². The molecule has 0 fully saturated rings. The predicted molar refractivity (Wildman–Crippen MR) is 109 cm³/mol. The maximum atomic E-state index is 9.73. The molecule has 0 aliphatic carbocycles. The van der Waals surface area contributed by atoms with E-state index in [4.69, 9.17) is 0 Å². The number of phenols is 2. The van der Waals surface area contributed by atoms with Crippen LogP contribution in [0.4, 0.5) is 0 Å². The minimum atomic E-state index is 0.346. The Bertz CT molecular complexity index is 1200. The molecule has 0 spiro atoms. The molecule has 0 aliphatic rings. The Morgan fingerprint density at radius 2 is 0.885 bits per heavy atom. The van der Waals surface area contributed by atoms with Crippen LogP contribution in [-0.4, -0.2) is 10.2 Å². The summed E-state index contributed by atoms with van der Waals surface area (Å²) < 4.78 is 0. The number of hydrogen-bond acceptors (Lipinski definition) is 2. The van der Waals surface area contributed by atoms with Gasteiger partial charge in [0.15, 0.2) is 0 Å². The van der Waals surface area contributed by atoms with Crippen molar-refractivity contribution in [3.05, 3.63) is 97.1 Å². The van der Waals surface area contributed by atoms with Crippen LogP contribution in [0.3, 0.4) is 0 Å². The summed E-state index contributed by atoms with van der Waals surface area (Å²) in [5.74, 6) is 0.696. The maximum absolute atomic E-state index is 9.73. The van der Waals surface area contributed by atoms with E-state index in [1.54, 1.807) is 12.1 Å². The number of fused-ring (bicyclic) bond motifs is 3. The summed E-state index contributed by atoms with van der Waals surface area (Å²) in [6.45, 7) is 0. The van der Waals surface area contributed by atoms with Gasteiger partial charge < -0.3 is 10.2 Å². The second kappa shape index (κ2) is 6.77. The smallest absolute Gasteiger partial charge is 0.123 e. The molecular weight excluding hydrogens is 320 g/mol. The molecule has 2 heteroatoms. The fraction of sp³-hybridized carbons (Fsp3) is 0. The molecule has 0 saturated carbocycles. The largest absolute Gasteiger partial charge is 0.507 e. The van der Waals surface area contributed by atoms with Crippen LogP contribution in [0.15, 0.2) is 97.1 Å². The fourth-order valence-corrected chi connectivity index (χ4v) is 3.16. The molecular formula is C24H18O2. The van der Waals surface area contributed by atoms with Gasteiger partial charge in [-0.1, -0.05) is 72.8 Å². The summed E-state index contributed by atoms with van der Waals surface area (Å²) >= 11 is 0. The first-order valence-electron chi connectivity index (χ1n) is 8.49. The SMILES string of the molecule is Oc1cccc2cc3ccccc3cc12.Oc1cccc2ccccc12. The number of phenolic OH excluding ortho intramolecular Hbond substituents is 2. The lowest BCUT2D eigenvalue weighted by molar-refractivity contribution is 0.481. The van der Waals surface area contributed by atoms with E-state index in [9.17, 15) is 10.2 Å². The molecule has 2 N–H and O–H groups in total. The van der Waals surface area contributed by atoms with Gasteiger partial charge in [0.05, 0.1) is 0 Å². The fourth-order valence-electron chi connectivity index (χ4n) is 3.16. The van der Waals surface area contributed by atoms with Crippen molar-refractivity contribution in [2.45, 2.75) is 0 Å². The Hall–Kier alpha value is -3.52. The van der Waals surface area contributed by atoms with Crippen molar-refractivity contribution in [2.75, 3.05) is 0 Å². The van der Waals surface area contributed by atoms with Crippen LogP contribution in [-0.2, 0) is 0 Å². The van der Waals surface area contributed by atoms with Crippen LogP contribution < -0.4 is 0 Å². The highest BCUT2D eigenvalue weighted by Crippen LogP contribution is 2.28. The zero-order valence-corrected chi connectivity index (χ0v) is 14.1. The van der Waals surface area contributed by atoms with Crippen molar-refractivity contribution < 1.29 is 10.2 Å². The zero-order chi connectivity index (χ0) is 17.9. The summed E-state index contributed by atoms with van der Waals surface area (Å²) in [7, 11) is 0. The number of hydrogen-bond donors (Lipinski definition) is 2. The Morgan fingerprint density at radius 1 is 0.385 bits per heavy atom. The zero-order valence-electron chi connectivity index (χ0n) is 14.1. The van der Waals surface area contributed by atoms with Crippen molar-refractivity contribution in [3.63, 3.8) is 0 Å². The Morgan fingerprint density at radius 3 is 1.58 bits per heavy atom. The van der Waals surface area contributed by atoms with E-state index in [1.165, 1.54) is 5.39 Å². The number of rotatable bonds is 0. The third-order valence-corrected chi connectivity index (χ3v) is 4.49. The highest BCUT2D eigenvalue weighted by Gasteiger charge is 2.00. The number of aromatic hydroxyl groups is 2. The van der Waals surface area contributed by atoms with Crippen LogP contribution in [0.2, 0.25) is 0 Å². The molecule has 0 aliphatic heterocycles. The average molecular weight is 338 g/mol. The van der Waals surface area contributed by atoms with Gasteiger partial charge in [-0.15, -0.1) is 0 Å². The minimum absolute atomic E-state index is 0.346. The van der Waals surface area contributed by atoms with Crippen LogP contribution in [0.25, 0.3) is 32.3 Å². The summed E-state index contributed by atoms with van der Waals surface area (Å²) in [5, 5.41) is 25.4. The molecule has 26 heavy (non-hydrogen) atoms. The lowest BCUT2D eigenvalue weighted by atomic mass is 10.0. The Kier molecular flexibility index (Phi) is 4.16. The van der Waals surface area contributed by atoms with Crippen LogP contribution in [0.5, 0.6) is 11.5 Å². The van der Waals surface area contributed by atoms with Crippen LogP contribution >= 0.6 is 0 Å². The van der Waals surface area contributed by atoms with Gasteiger partial charge in [0.25, 0.3) is 0 Å². The second-order valence-electron chi connectivity index (χ2n) is 6.20. The molecule has 0 radical (unpaired) electrons. The van der Waals surface area contributed by atoms with E-state index >= 15 is 0 Å². The normalized spacial score (nSPS) is 10.6. The second-order valence-corrected chi connectivity index (χ2v) is 6.20. The molecule has 126 valence electrons. The molecule has 2 nitrogen and oxygen atoms in total. The monoisotopic (exact) mass is 338 g/mol. The van der Waals surface area contributed by atoms with Crippen molar-refractivity contribution in [3.8, 4) is 11.5 Å². The molecule has 0 atom stereocenters. The lowest BCUT2D eigenvalue weighted by Crippen LogP contribution is -1.76. The third kappa shape index (κ3) is 3.05. The molecule has 0 aromatic heterocycles. The quantitative estimate of drug-likeness (QED) is 0.328. The van der Waals surface area contributed by atoms with Crippen molar-refractivity contribution >= 4 is 32.3 Å². The van der Waals surface area contributed by atoms with Gasteiger partial charge in [0.1, 0.15) is 11.5 Å². The molecule has 0 saturated heterocycles. The minimum Gasteiger partial charge on any atom is -0.507 e. The molecule has 0 bridgehead atoms. The first-order valence-corrected chi connectivity index (χ1v) is 8.49. The summed E-state index contributed by atoms with van der Waals surface area (Å²) in [6.07, 6.45) is 0. The van der Waals surface area contributed by atoms with E-state index < -0.39 is 0 Å². The van der Waals surface area contributed by atoms with E-state index in [0.717, 1.165) is 26.9 Å². The van der Waals surface area contributed by atoms with Gasteiger partial charge in [-0.25, -0.2) is 0 Å². The molecule has 0 heterocycles. The van der Waals surface area contributed by atoms with E-state index in [0.29, 0.717) is 11.5 Å². The summed E-state index contributed by atoms with van der Waals surface area (Å²) in [4.78, 5) is 0. The molecule has 0 unspecified atom stereocenters. The Labute approximate surface area is 151 Å². The summed E-state index contributed by atoms with van der Waals surface area (Å²) in [5.41, 5.74) is 0. The highest BCUT2D eigenvalue weighted by molar-refractivity contribution is 6.00.